The molecule has 0 aliphatic heterocycles. The van der Waals surface area contributed by atoms with Crippen LogP contribution in [0.3, 0.4) is 0 Å². The van der Waals surface area contributed by atoms with E-state index in [1.54, 1.807) is 55.5 Å². The lowest BCUT2D eigenvalue weighted by Crippen LogP contribution is -2.34. The molecular weight excluding hydrogens is 391 g/mol. The summed E-state index contributed by atoms with van der Waals surface area (Å²) in [7, 11) is 0. The Morgan fingerprint density at radius 2 is 1.78 bits per heavy atom. The Balaban J connectivity index is 1.74. The minimum atomic E-state index is -0.716. The topological polar surface area (TPSA) is 84.5 Å². The summed E-state index contributed by atoms with van der Waals surface area (Å²) >= 11 is 11.9. The van der Waals surface area contributed by atoms with E-state index in [0.29, 0.717) is 21.2 Å². The monoisotopic (exact) mass is 408 g/mol. The van der Waals surface area contributed by atoms with Crippen LogP contribution in [-0.2, 0) is 14.3 Å². The van der Waals surface area contributed by atoms with Crippen LogP contribution in [0.2, 0.25) is 10.0 Å². The molecule has 0 heterocycles. The zero-order chi connectivity index (χ0) is 19.8. The molecule has 0 saturated carbocycles. The van der Waals surface area contributed by atoms with E-state index in [1.165, 1.54) is 0 Å². The van der Waals surface area contributed by atoms with E-state index in [0.717, 1.165) is 0 Å². The van der Waals surface area contributed by atoms with E-state index >= 15 is 0 Å². The second-order valence-corrected chi connectivity index (χ2v) is 6.51. The molecule has 6 nitrogen and oxygen atoms in total. The number of ether oxygens (including phenoxy) is 1. The van der Waals surface area contributed by atoms with Crippen LogP contribution >= 0.6 is 23.2 Å². The Hall–Kier alpha value is -2.57. The van der Waals surface area contributed by atoms with Gasteiger partial charge >= 0.3 is 5.97 Å². The molecule has 2 rings (SSSR count). The number of benzene rings is 2. The summed E-state index contributed by atoms with van der Waals surface area (Å²) < 4.78 is 4.86. The van der Waals surface area contributed by atoms with Crippen molar-refractivity contribution in [3.8, 4) is 0 Å². The van der Waals surface area contributed by atoms with Crippen molar-refractivity contribution in [1.82, 2.24) is 10.6 Å². The normalized spacial score (nSPS) is 11.4. The van der Waals surface area contributed by atoms with E-state index < -0.39 is 30.4 Å². The van der Waals surface area contributed by atoms with Crippen molar-refractivity contribution in [3.05, 3.63) is 69.7 Å². The van der Waals surface area contributed by atoms with Gasteiger partial charge in [0.1, 0.15) is 6.54 Å². The summed E-state index contributed by atoms with van der Waals surface area (Å²) in [4.78, 5) is 35.4. The first-order valence-corrected chi connectivity index (χ1v) is 8.85. The molecule has 1 atom stereocenters. The van der Waals surface area contributed by atoms with Crippen LogP contribution < -0.4 is 10.6 Å². The van der Waals surface area contributed by atoms with E-state index in [1.807, 2.05) is 0 Å². The second-order valence-electron chi connectivity index (χ2n) is 5.66. The van der Waals surface area contributed by atoms with Gasteiger partial charge in [-0.25, -0.2) is 0 Å². The van der Waals surface area contributed by atoms with Gasteiger partial charge in [0.15, 0.2) is 6.61 Å². The van der Waals surface area contributed by atoms with Crippen LogP contribution in [0.1, 0.15) is 28.9 Å². The molecule has 0 saturated heterocycles. The molecule has 2 aromatic carbocycles. The zero-order valence-corrected chi connectivity index (χ0v) is 16.0. The smallest absolute Gasteiger partial charge is 0.325 e. The molecule has 142 valence electrons. The van der Waals surface area contributed by atoms with Gasteiger partial charge in [0.05, 0.1) is 6.04 Å². The number of hydrogen-bond donors (Lipinski definition) is 2. The third-order valence-corrected chi connectivity index (χ3v) is 4.16. The van der Waals surface area contributed by atoms with Crippen LogP contribution in [-0.4, -0.2) is 30.9 Å². The van der Waals surface area contributed by atoms with Gasteiger partial charge in [0.25, 0.3) is 11.8 Å². The van der Waals surface area contributed by atoms with Crippen molar-refractivity contribution in [2.75, 3.05) is 13.2 Å². The summed E-state index contributed by atoms with van der Waals surface area (Å²) in [5.74, 6) is -1.61. The van der Waals surface area contributed by atoms with Gasteiger partial charge in [-0.15, -0.1) is 0 Å². The number of esters is 1. The summed E-state index contributed by atoms with van der Waals surface area (Å²) in [5.41, 5.74) is 1.12. The van der Waals surface area contributed by atoms with Gasteiger partial charge in [-0.2, -0.15) is 0 Å². The average molecular weight is 409 g/mol. The molecule has 0 radical (unpaired) electrons. The molecule has 0 fully saturated rings. The molecule has 27 heavy (non-hydrogen) atoms. The number of carbonyl (C=O) groups is 3. The number of halogens is 2. The molecule has 0 unspecified atom stereocenters. The summed E-state index contributed by atoms with van der Waals surface area (Å²) in [6.07, 6.45) is 0. The average Bonchev–Trinajstić information content (AvgIpc) is 2.65. The number of amides is 2. The van der Waals surface area contributed by atoms with Gasteiger partial charge in [-0.1, -0.05) is 47.5 Å². The maximum Gasteiger partial charge on any atom is 0.325 e. The lowest BCUT2D eigenvalue weighted by Gasteiger charge is -2.16. The van der Waals surface area contributed by atoms with Crippen molar-refractivity contribution in [2.24, 2.45) is 0 Å². The van der Waals surface area contributed by atoms with Crippen molar-refractivity contribution < 1.29 is 19.1 Å². The molecule has 0 aromatic heterocycles. The standard InChI is InChI=1S/C19H18Cl2N2O4/c1-12(15-8-7-14(20)9-16(15)21)23-17(24)11-27-18(25)10-22-19(26)13-5-3-2-4-6-13/h2-9,12H,10-11H2,1H3,(H,22,26)(H,23,24)/t12-/m0/s1. The van der Waals surface area contributed by atoms with Gasteiger partial charge in [-0.05, 0) is 36.8 Å². The fraction of sp³-hybridized carbons (Fsp3) is 0.211. The van der Waals surface area contributed by atoms with Crippen molar-refractivity contribution in [3.63, 3.8) is 0 Å². The van der Waals surface area contributed by atoms with E-state index in [-0.39, 0.29) is 6.54 Å². The molecule has 2 amide bonds. The number of rotatable bonds is 7. The molecular formula is C19H18Cl2N2O4. The first kappa shape index (κ1) is 20.7. The molecule has 0 aliphatic rings. The molecule has 0 bridgehead atoms. The highest BCUT2D eigenvalue weighted by Crippen LogP contribution is 2.25. The Bertz CT molecular complexity index is 828. The molecule has 8 heteroatoms. The van der Waals surface area contributed by atoms with Gasteiger partial charge < -0.3 is 15.4 Å². The number of hydrogen-bond acceptors (Lipinski definition) is 4. The summed E-state index contributed by atoms with van der Waals surface area (Å²) in [6.45, 7) is 0.948. The van der Waals surface area contributed by atoms with Crippen LogP contribution in [0.15, 0.2) is 48.5 Å². The highest BCUT2D eigenvalue weighted by Gasteiger charge is 2.15. The third kappa shape index (κ3) is 6.58. The van der Waals surface area contributed by atoms with Crippen LogP contribution in [0.25, 0.3) is 0 Å². The van der Waals surface area contributed by atoms with E-state index in [4.69, 9.17) is 27.9 Å². The van der Waals surface area contributed by atoms with E-state index in [9.17, 15) is 14.4 Å². The lowest BCUT2D eigenvalue weighted by atomic mass is 10.1. The molecule has 2 aromatic rings. The molecule has 2 N–H and O–H groups in total. The third-order valence-electron chi connectivity index (χ3n) is 3.60. The molecule has 0 spiro atoms. The Morgan fingerprint density at radius 1 is 1.07 bits per heavy atom. The van der Waals surface area contributed by atoms with Crippen molar-refractivity contribution in [2.45, 2.75) is 13.0 Å². The fourth-order valence-electron chi connectivity index (χ4n) is 2.25. The van der Waals surface area contributed by atoms with Crippen LogP contribution in [0.4, 0.5) is 0 Å². The summed E-state index contributed by atoms with van der Waals surface area (Å²) in [5, 5.41) is 6.02. The Kier molecular flexibility index (Phi) is 7.64. The minimum absolute atomic E-state index is 0.334. The number of nitrogens with one attached hydrogen (secondary N) is 2. The SMILES string of the molecule is C[C@H](NC(=O)COC(=O)CNC(=O)c1ccccc1)c1ccc(Cl)cc1Cl. The Morgan fingerprint density at radius 3 is 2.44 bits per heavy atom. The molecule has 0 aliphatic carbocycles. The fourth-order valence-corrected chi connectivity index (χ4v) is 2.83. The second kappa shape index (κ2) is 9.94. The van der Waals surface area contributed by atoms with Gasteiger partial charge in [0, 0.05) is 15.6 Å². The highest BCUT2D eigenvalue weighted by atomic mass is 35.5. The van der Waals surface area contributed by atoms with E-state index in [2.05, 4.69) is 10.6 Å². The number of carbonyl (C=O) groups excluding carboxylic acids is 3. The minimum Gasteiger partial charge on any atom is -0.454 e. The predicted molar refractivity (Wildman–Crippen MR) is 103 cm³/mol. The van der Waals surface area contributed by atoms with Crippen LogP contribution in [0.5, 0.6) is 0 Å². The quantitative estimate of drug-likeness (QED) is 0.689. The van der Waals surface area contributed by atoms with Crippen molar-refractivity contribution >= 4 is 41.0 Å². The summed E-state index contributed by atoms with van der Waals surface area (Å²) in [6, 6.07) is 13.0. The van der Waals surface area contributed by atoms with Crippen molar-refractivity contribution in [1.29, 1.82) is 0 Å². The maximum atomic E-state index is 11.9. The highest BCUT2D eigenvalue weighted by molar-refractivity contribution is 6.35. The largest absolute Gasteiger partial charge is 0.454 e. The predicted octanol–water partition coefficient (Wildman–Crippen LogP) is 3.14. The Labute approximate surface area is 166 Å². The lowest BCUT2D eigenvalue weighted by molar-refractivity contribution is -0.147. The van der Waals surface area contributed by atoms with Gasteiger partial charge in [0.2, 0.25) is 0 Å². The first-order valence-electron chi connectivity index (χ1n) is 8.10. The zero-order valence-electron chi connectivity index (χ0n) is 14.5. The van der Waals surface area contributed by atoms with Gasteiger partial charge in [-0.3, -0.25) is 14.4 Å². The first-order chi connectivity index (χ1) is 12.9. The maximum absolute atomic E-state index is 11.9. The van der Waals surface area contributed by atoms with Crippen LogP contribution in [0, 0.1) is 0 Å².